The highest BCUT2D eigenvalue weighted by Gasteiger charge is 2.43. The number of benzene rings is 14. The van der Waals surface area contributed by atoms with Gasteiger partial charge in [-0.25, -0.2) is 39.9 Å². The maximum absolute atomic E-state index is 5.21. The summed E-state index contributed by atoms with van der Waals surface area (Å²) in [4.78, 5) is 49.7. The van der Waals surface area contributed by atoms with Crippen molar-refractivity contribution in [1.29, 1.82) is 0 Å². The Morgan fingerprint density at radius 3 is 0.775 bits per heavy atom. The molecule has 0 fully saturated rings. The molecule has 612 valence electrons. The molecule has 3 aliphatic rings. The van der Waals surface area contributed by atoms with Crippen molar-refractivity contribution in [3.05, 3.63) is 446 Å². The molecule has 0 saturated carbocycles. The molecule has 0 N–H and O–H groups in total. The number of hydrogen-bond donors (Lipinski definition) is 0. The number of hydrogen-bond acceptors (Lipinski definition) is 10. The monoisotopic (exact) mass is 1650 g/mol. The van der Waals surface area contributed by atoms with Crippen LogP contribution in [0, 0.1) is 0 Å². The second kappa shape index (κ2) is 32.4. The first-order chi connectivity index (χ1) is 63.2. The summed E-state index contributed by atoms with van der Waals surface area (Å²) in [5.41, 5.74) is 38.7. The van der Waals surface area contributed by atoms with Crippen molar-refractivity contribution in [2.24, 2.45) is 0 Å². The molecule has 0 aliphatic heterocycles. The lowest BCUT2D eigenvalue weighted by molar-refractivity contribution is 0.661. The Labute approximate surface area is 750 Å². The van der Waals surface area contributed by atoms with Gasteiger partial charge in [0.05, 0.1) is 56.4 Å². The van der Waals surface area contributed by atoms with E-state index in [2.05, 4.69) is 331 Å². The Morgan fingerprint density at radius 2 is 0.442 bits per heavy atom. The highest BCUT2D eigenvalue weighted by molar-refractivity contribution is 6.06. The Hall–Kier alpha value is -16.3. The summed E-state index contributed by atoms with van der Waals surface area (Å²) in [5, 5.41) is 3.51. The molecular weight excluding hydrogens is 1570 g/mol. The summed E-state index contributed by atoms with van der Waals surface area (Å²) in [5.74, 6) is 2.68. The van der Waals surface area contributed by atoms with Crippen molar-refractivity contribution in [1.82, 2.24) is 49.8 Å². The number of rotatable bonds is 12. The van der Waals surface area contributed by atoms with Crippen LogP contribution >= 0.6 is 0 Å². The largest absolute Gasteiger partial charge is 0.256 e. The third-order valence-corrected chi connectivity index (χ3v) is 25.9. The lowest BCUT2D eigenvalue weighted by Crippen LogP contribution is -2.16. The second-order valence-electron chi connectivity index (χ2n) is 34.9. The maximum atomic E-state index is 5.21. The second-order valence-corrected chi connectivity index (χ2v) is 34.9. The van der Waals surface area contributed by atoms with Crippen LogP contribution in [0.4, 0.5) is 0 Å². The Bertz CT molecular complexity index is 6970. The average molecular weight is 1660 g/mol. The molecule has 14 aromatic carbocycles. The van der Waals surface area contributed by atoms with Crippen LogP contribution in [-0.4, -0.2) is 49.8 Å². The summed E-state index contributed by atoms with van der Waals surface area (Å²) in [7, 11) is 0. The molecule has 10 heteroatoms. The fraction of sp³-hybridized carbons (Fsp3) is 0.0756. The van der Waals surface area contributed by atoms with Crippen LogP contribution in [0.15, 0.2) is 413 Å². The van der Waals surface area contributed by atoms with Crippen molar-refractivity contribution in [3.8, 4) is 169 Å². The predicted octanol–water partition coefficient (Wildman–Crippen LogP) is 29.4. The van der Waals surface area contributed by atoms with Crippen LogP contribution in [-0.2, 0) is 16.2 Å². The van der Waals surface area contributed by atoms with Crippen molar-refractivity contribution in [2.45, 2.75) is 57.8 Å². The summed E-state index contributed by atoms with van der Waals surface area (Å²) < 4.78 is 0. The molecular formula is C119H86N10. The number of nitrogens with zero attached hydrogens (tertiary/aromatic N) is 10. The van der Waals surface area contributed by atoms with E-state index in [-0.39, 0.29) is 16.2 Å². The zero-order valence-corrected chi connectivity index (χ0v) is 72.2. The summed E-state index contributed by atoms with van der Waals surface area (Å²) in [6.45, 7) is 13.9. The van der Waals surface area contributed by atoms with Crippen molar-refractivity contribution >= 4 is 32.7 Å². The lowest BCUT2D eigenvalue weighted by Gasteiger charge is -2.25. The minimum absolute atomic E-state index is 0.161. The first kappa shape index (κ1) is 78.7. The van der Waals surface area contributed by atoms with E-state index in [1.807, 2.05) is 134 Å². The zero-order valence-electron chi connectivity index (χ0n) is 72.2. The molecule has 0 spiro atoms. The molecule has 10 nitrogen and oxygen atoms in total. The molecule has 21 aromatic rings. The summed E-state index contributed by atoms with van der Waals surface area (Å²) in [6, 6.07) is 140. The Kier molecular flexibility index (Phi) is 19.7. The molecule has 0 radical (unpaired) electrons. The minimum Gasteiger partial charge on any atom is -0.256 e. The van der Waals surface area contributed by atoms with Crippen LogP contribution in [0.1, 0.15) is 74.9 Å². The smallest absolute Gasteiger partial charge is 0.164 e. The van der Waals surface area contributed by atoms with Gasteiger partial charge in [0.1, 0.15) is 0 Å². The third kappa shape index (κ3) is 14.2. The highest BCUT2D eigenvalue weighted by Crippen LogP contribution is 2.57. The van der Waals surface area contributed by atoms with E-state index < -0.39 is 0 Å². The van der Waals surface area contributed by atoms with Crippen LogP contribution in [0.3, 0.4) is 0 Å². The Balaban J connectivity index is 0.000000114. The quantitative estimate of drug-likeness (QED) is 0.117. The van der Waals surface area contributed by atoms with Gasteiger partial charge in [-0.15, -0.1) is 0 Å². The summed E-state index contributed by atoms with van der Waals surface area (Å²) >= 11 is 0. The highest BCUT2D eigenvalue weighted by atomic mass is 15.0. The van der Waals surface area contributed by atoms with Gasteiger partial charge in [0, 0.05) is 106 Å². The standard InChI is InChI=1S/2C40H29N3.C39H28N4/c1-40(2)33-13-5-3-11-31(33)39-38(40)37(32-12-4-6-16-36(32)43-39)27-19-17-26(18-20-27)28-23-29(34-14-7-9-21-41-34)25-30(24-28)35-15-8-10-22-42-35;1-40(2)32-19-11-9-17-30(32)38-37(40)36(31-18-10-12-20-33(31)41-38)28-21-23-29(24-22-28)39-42-34(26-13-5-3-6-14-26)25-35(43-39)27-15-7-4-8-16-27;1-39(2)31-19-11-9-17-29(31)35-34(39)33(30-18-10-12-20-32(30)40-35)25-21-23-28(24-22-25)38-42-36(26-13-5-3-6-14-26)41-37(43-38)27-15-7-4-8-16-27/h2*3-25H,1-2H3;3-24H,1-2H3. The Morgan fingerprint density at radius 1 is 0.178 bits per heavy atom. The number of aromatic nitrogens is 10. The third-order valence-electron chi connectivity index (χ3n) is 25.9. The zero-order chi connectivity index (χ0) is 86.9. The fourth-order valence-electron chi connectivity index (χ4n) is 19.6. The maximum Gasteiger partial charge on any atom is 0.164 e. The van der Waals surface area contributed by atoms with Gasteiger partial charge < -0.3 is 0 Å². The van der Waals surface area contributed by atoms with Gasteiger partial charge in [-0.1, -0.05) is 375 Å². The normalized spacial score (nSPS) is 13.1. The van der Waals surface area contributed by atoms with Gasteiger partial charge in [0.25, 0.3) is 0 Å². The SMILES string of the molecule is CC1(C)c2ccccc2-c2nc3ccccc3c(-c3ccc(-c4cc(-c5ccccn5)cc(-c5ccccn5)c4)cc3)c21.CC1(C)c2ccccc2-c2nc3ccccc3c(-c3ccc(-c4nc(-c5ccccc5)cc(-c5ccccc5)n4)cc3)c21.CC1(C)c2ccccc2-c2nc3ccccc3c(-c3ccc(-c4nc(-c5ccccc5)nc(-c5ccccc5)n4)cc3)c21. The summed E-state index contributed by atoms with van der Waals surface area (Å²) in [6.07, 6.45) is 3.68. The number of fused-ring (bicyclic) bond motifs is 12. The van der Waals surface area contributed by atoms with E-state index in [1.165, 1.54) is 88.7 Å². The van der Waals surface area contributed by atoms with Gasteiger partial charge in [-0.05, 0) is 145 Å². The first-order valence-corrected chi connectivity index (χ1v) is 44.0. The molecule has 3 aliphatic carbocycles. The van der Waals surface area contributed by atoms with E-state index >= 15 is 0 Å². The molecule has 24 rings (SSSR count). The molecule has 7 heterocycles. The van der Waals surface area contributed by atoms with E-state index in [4.69, 9.17) is 39.9 Å². The molecule has 129 heavy (non-hydrogen) atoms. The number of para-hydroxylation sites is 3. The van der Waals surface area contributed by atoms with Crippen molar-refractivity contribution in [2.75, 3.05) is 0 Å². The first-order valence-electron chi connectivity index (χ1n) is 44.0. The van der Waals surface area contributed by atoms with Crippen LogP contribution < -0.4 is 0 Å². The molecule has 0 bridgehead atoms. The van der Waals surface area contributed by atoms with Gasteiger partial charge in [-0.2, -0.15) is 0 Å². The molecule has 7 aromatic heterocycles. The molecule has 0 amide bonds. The van der Waals surface area contributed by atoms with Crippen LogP contribution in [0.25, 0.3) is 202 Å². The van der Waals surface area contributed by atoms with Crippen molar-refractivity contribution in [3.63, 3.8) is 0 Å². The average Bonchev–Trinajstić information content (AvgIpc) is 1.56. The minimum atomic E-state index is -0.180. The molecule has 0 atom stereocenters. The van der Waals surface area contributed by atoms with Crippen LogP contribution in [0.2, 0.25) is 0 Å². The van der Waals surface area contributed by atoms with E-state index in [1.54, 1.807) is 0 Å². The molecule has 0 unspecified atom stereocenters. The van der Waals surface area contributed by atoms with E-state index in [0.717, 1.165) is 123 Å². The van der Waals surface area contributed by atoms with Gasteiger partial charge >= 0.3 is 0 Å². The topological polar surface area (TPSA) is 129 Å². The molecule has 0 saturated heterocycles. The fourth-order valence-corrected chi connectivity index (χ4v) is 19.6. The predicted molar refractivity (Wildman–Crippen MR) is 528 cm³/mol. The van der Waals surface area contributed by atoms with Crippen LogP contribution in [0.5, 0.6) is 0 Å². The van der Waals surface area contributed by atoms with E-state index in [0.29, 0.717) is 23.3 Å². The van der Waals surface area contributed by atoms with E-state index in [9.17, 15) is 0 Å². The van der Waals surface area contributed by atoms with Gasteiger partial charge in [0.15, 0.2) is 23.3 Å². The van der Waals surface area contributed by atoms with Gasteiger partial charge in [0.2, 0.25) is 0 Å². The van der Waals surface area contributed by atoms with Crippen molar-refractivity contribution < 1.29 is 0 Å². The lowest BCUT2D eigenvalue weighted by atomic mass is 9.78. The number of pyridine rings is 5. The van der Waals surface area contributed by atoms with Gasteiger partial charge in [-0.3, -0.25) is 9.97 Å².